The first-order chi connectivity index (χ1) is 3.77. The molecule has 0 amide bonds. The van der Waals surface area contributed by atoms with Gasteiger partial charge in [-0.2, -0.15) is 5.26 Å². The van der Waals surface area contributed by atoms with E-state index in [1.807, 2.05) is 6.07 Å². The summed E-state index contributed by atoms with van der Waals surface area (Å²) in [5.41, 5.74) is 0. The minimum absolute atomic E-state index is 0.515. The molecule has 0 heterocycles. The first kappa shape index (κ1) is 7.64. The van der Waals surface area contributed by atoms with Crippen LogP contribution in [-0.2, 0) is 0 Å². The summed E-state index contributed by atoms with van der Waals surface area (Å²) < 4.78 is 12.1. The maximum absolute atomic E-state index is 12.1. The predicted octanol–water partition coefficient (Wildman–Crippen LogP) is 1.61. The summed E-state index contributed by atoms with van der Waals surface area (Å²) in [6, 6.07) is 2.64. The van der Waals surface area contributed by atoms with Crippen LogP contribution in [-0.4, -0.2) is 9.13 Å². The molecule has 0 fully saturated rings. The molecule has 0 saturated heterocycles. The number of halogens is 1. The van der Waals surface area contributed by atoms with Crippen LogP contribution in [0, 0.1) is 11.3 Å². The molecule has 46 valence electrons. The standard InChI is InChI=1S/C5H10FNSi/c1-8(6)5-3-2-4-7/h8H,2-3,5H2,1H3. The summed E-state index contributed by atoms with van der Waals surface area (Å²) in [5, 5.41) is 8.02. The first-order valence-electron chi connectivity index (χ1n) is 2.78. The molecule has 0 aromatic heterocycles. The molecule has 1 unspecified atom stereocenters. The summed E-state index contributed by atoms with van der Waals surface area (Å²) in [5.74, 6) is 0. The Kier molecular flexibility index (Phi) is 4.57. The summed E-state index contributed by atoms with van der Waals surface area (Å²) in [6.45, 7) is 1.65. The van der Waals surface area contributed by atoms with Gasteiger partial charge in [0.1, 0.15) is 0 Å². The van der Waals surface area contributed by atoms with Crippen molar-refractivity contribution in [2.45, 2.75) is 25.4 Å². The van der Waals surface area contributed by atoms with Gasteiger partial charge in [-0.25, -0.2) is 0 Å². The zero-order chi connectivity index (χ0) is 6.41. The molecule has 0 rings (SSSR count). The highest BCUT2D eigenvalue weighted by Crippen LogP contribution is 2.00. The molecular weight excluding hydrogens is 121 g/mol. The third-order valence-electron chi connectivity index (χ3n) is 0.890. The van der Waals surface area contributed by atoms with Crippen LogP contribution in [0.4, 0.5) is 4.11 Å². The molecule has 0 aliphatic heterocycles. The van der Waals surface area contributed by atoms with Crippen LogP contribution < -0.4 is 0 Å². The predicted molar refractivity (Wildman–Crippen MR) is 33.8 cm³/mol. The van der Waals surface area contributed by atoms with Crippen molar-refractivity contribution in [1.29, 1.82) is 5.26 Å². The van der Waals surface area contributed by atoms with Crippen LogP contribution >= 0.6 is 0 Å². The van der Waals surface area contributed by atoms with Crippen LogP contribution in [0.3, 0.4) is 0 Å². The lowest BCUT2D eigenvalue weighted by Crippen LogP contribution is -1.95. The van der Waals surface area contributed by atoms with Crippen molar-refractivity contribution in [3.63, 3.8) is 0 Å². The van der Waals surface area contributed by atoms with E-state index in [-0.39, 0.29) is 0 Å². The molecule has 0 aliphatic carbocycles. The van der Waals surface area contributed by atoms with Gasteiger partial charge >= 0.3 is 0 Å². The van der Waals surface area contributed by atoms with Gasteiger partial charge < -0.3 is 4.11 Å². The molecule has 0 saturated carbocycles. The fourth-order valence-corrected chi connectivity index (χ4v) is 1.23. The minimum Gasteiger partial charge on any atom is -0.319 e. The third kappa shape index (κ3) is 5.64. The largest absolute Gasteiger partial charge is 0.319 e. The Labute approximate surface area is 50.9 Å². The minimum atomic E-state index is -1.85. The summed E-state index contributed by atoms with van der Waals surface area (Å²) in [6.07, 6.45) is 1.27. The normalized spacial score (nSPS) is 12.6. The van der Waals surface area contributed by atoms with Crippen LogP contribution in [0.5, 0.6) is 0 Å². The van der Waals surface area contributed by atoms with Crippen molar-refractivity contribution in [3.8, 4) is 6.07 Å². The summed E-state index contributed by atoms with van der Waals surface area (Å²) in [4.78, 5) is 0. The molecule has 1 nitrogen and oxygen atoms in total. The van der Waals surface area contributed by atoms with E-state index in [0.29, 0.717) is 12.5 Å². The average molecular weight is 131 g/mol. The van der Waals surface area contributed by atoms with E-state index < -0.39 is 9.13 Å². The van der Waals surface area contributed by atoms with Crippen molar-refractivity contribution < 1.29 is 4.11 Å². The zero-order valence-corrected chi connectivity index (χ0v) is 6.18. The second-order valence-corrected chi connectivity index (χ2v) is 3.97. The third-order valence-corrected chi connectivity index (χ3v) is 2.09. The van der Waals surface area contributed by atoms with E-state index in [1.165, 1.54) is 0 Å². The van der Waals surface area contributed by atoms with Gasteiger partial charge in [0.25, 0.3) is 0 Å². The Balaban J connectivity index is 2.85. The molecule has 0 radical (unpaired) electrons. The van der Waals surface area contributed by atoms with Gasteiger partial charge in [0.2, 0.25) is 9.13 Å². The molecule has 0 aromatic rings. The Hall–Kier alpha value is -0.363. The fourth-order valence-electron chi connectivity index (χ4n) is 0.462. The van der Waals surface area contributed by atoms with E-state index in [0.717, 1.165) is 6.42 Å². The monoisotopic (exact) mass is 131 g/mol. The number of rotatable bonds is 3. The van der Waals surface area contributed by atoms with Gasteiger partial charge in [0.15, 0.2) is 0 Å². The van der Waals surface area contributed by atoms with Gasteiger partial charge in [-0.3, -0.25) is 0 Å². The maximum atomic E-state index is 12.1. The number of hydrogen-bond donors (Lipinski definition) is 0. The number of hydrogen-bond acceptors (Lipinski definition) is 1. The summed E-state index contributed by atoms with van der Waals surface area (Å²) >= 11 is 0. The molecule has 0 aromatic carbocycles. The Morgan fingerprint density at radius 2 is 2.38 bits per heavy atom. The number of unbranched alkanes of at least 4 members (excludes halogenated alkanes) is 1. The Morgan fingerprint density at radius 3 is 2.75 bits per heavy atom. The van der Waals surface area contributed by atoms with Crippen LogP contribution in [0.25, 0.3) is 0 Å². The van der Waals surface area contributed by atoms with Crippen molar-refractivity contribution in [2.75, 3.05) is 0 Å². The van der Waals surface area contributed by atoms with Gasteiger partial charge in [-0.15, -0.1) is 0 Å². The smallest absolute Gasteiger partial charge is 0.228 e. The molecule has 0 aliphatic rings. The van der Waals surface area contributed by atoms with E-state index >= 15 is 0 Å². The van der Waals surface area contributed by atoms with Gasteiger partial charge in [-0.1, -0.05) is 0 Å². The average Bonchev–Trinajstić information content (AvgIpc) is 1.66. The van der Waals surface area contributed by atoms with Crippen molar-refractivity contribution in [1.82, 2.24) is 0 Å². The SMILES string of the molecule is C[SiH](F)CCCC#N. The van der Waals surface area contributed by atoms with Crippen molar-refractivity contribution >= 4 is 9.13 Å². The molecule has 8 heavy (non-hydrogen) atoms. The Morgan fingerprint density at radius 1 is 1.75 bits per heavy atom. The molecule has 0 spiro atoms. The molecule has 0 N–H and O–H groups in total. The lowest BCUT2D eigenvalue weighted by Gasteiger charge is -1.91. The van der Waals surface area contributed by atoms with Gasteiger partial charge in [0.05, 0.1) is 6.07 Å². The second kappa shape index (κ2) is 4.79. The fraction of sp³-hybridized carbons (Fsp3) is 0.800. The van der Waals surface area contributed by atoms with Crippen molar-refractivity contribution in [3.05, 3.63) is 0 Å². The molecule has 1 atom stereocenters. The van der Waals surface area contributed by atoms with E-state index in [1.54, 1.807) is 6.55 Å². The Bertz CT molecular complexity index is 86.9. The van der Waals surface area contributed by atoms with E-state index in [9.17, 15) is 4.11 Å². The number of nitrogens with zero attached hydrogens (tertiary/aromatic N) is 1. The van der Waals surface area contributed by atoms with Crippen LogP contribution in [0.15, 0.2) is 0 Å². The van der Waals surface area contributed by atoms with Gasteiger partial charge in [0, 0.05) is 6.42 Å². The van der Waals surface area contributed by atoms with Crippen LogP contribution in [0.2, 0.25) is 12.6 Å². The lowest BCUT2D eigenvalue weighted by molar-refractivity contribution is 0.801. The van der Waals surface area contributed by atoms with Crippen LogP contribution in [0.1, 0.15) is 12.8 Å². The highest BCUT2D eigenvalue weighted by Gasteiger charge is 1.98. The summed E-state index contributed by atoms with van der Waals surface area (Å²) in [7, 11) is -1.85. The molecular formula is C5H10FNSi. The zero-order valence-electron chi connectivity index (χ0n) is 5.02. The van der Waals surface area contributed by atoms with Crippen molar-refractivity contribution in [2.24, 2.45) is 0 Å². The highest BCUT2D eigenvalue weighted by atomic mass is 28.3. The van der Waals surface area contributed by atoms with E-state index in [2.05, 4.69) is 0 Å². The van der Waals surface area contributed by atoms with Gasteiger partial charge in [-0.05, 0) is 19.0 Å². The van der Waals surface area contributed by atoms with E-state index in [4.69, 9.17) is 5.26 Å². The highest BCUT2D eigenvalue weighted by molar-refractivity contribution is 6.49. The lowest BCUT2D eigenvalue weighted by atomic mass is 10.4. The topological polar surface area (TPSA) is 23.8 Å². The first-order valence-corrected chi connectivity index (χ1v) is 5.19. The molecule has 0 bridgehead atoms. The maximum Gasteiger partial charge on any atom is 0.228 e. The number of nitriles is 1. The quantitative estimate of drug-likeness (QED) is 0.324. The second-order valence-electron chi connectivity index (χ2n) is 1.83. The molecule has 3 heteroatoms.